The highest BCUT2D eigenvalue weighted by atomic mass is 16.5. The summed E-state index contributed by atoms with van der Waals surface area (Å²) in [6, 6.07) is 11.1. The van der Waals surface area contributed by atoms with Crippen molar-refractivity contribution in [1.82, 2.24) is 0 Å². The lowest BCUT2D eigenvalue weighted by molar-refractivity contribution is -0.115. The van der Waals surface area contributed by atoms with Gasteiger partial charge in [0.05, 0.1) is 0 Å². The average Bonchev–Trinajstić information content (AvgIpc) is 2.63. The predicted molar refractivity (Wildman–Crippen MR) is 118 cm³/mol. The second-order valence-corrected chi connectivity index (χ2v) is 7.01. The number of hydrogen-bond donors (Lipinski definition) is 4. The number of rotatable bonds is 10. The number of anilines is 4. The third kappa shape index (κ3) is 7.83. The minimum atomic E-state index is -0.115. The molecule has 7 nitrogen and oxygen atoms in total. The molecule has 0 aliphatic rings. The number of carbonyl (C=O) groups excluding carboxylic acids is 2. The Kier molecular flexibility index (Phi) is 8.48. The van der Waals surface area contributed by atoms with Crippen molar-refractivity contribution in [1.29, 1.82) is 0 Å². The number of ether oxygens (including phenoxy) is 1. The lowest BCUT2D eigenvalue weighted by Gasteiger charge is -2.10. The summed E-state index contributed by atoms with van der Waals surface area (Å²) in [5.41, 5.74) is 17.0. The SMILES string of the molecule is CC(=O)Nc1ccc(CCCOCCCc2ccc(NC(C)=O)cc2N)c(N)c1. The number of nitrogens with two attached hydrogens (primary N) is 2. The zero-order chi connectivity index (χ0) is 21.2. The molecule has 6 N–H and O–H groups in total. The summed E-state index contributed by atoms with van der Waals surface area (Å²) in [5, 5.41) is 5.44. The molecule has 2 rings (SSSR count). The van der Waals surface area contributed by atoms with Crippen molar-refractivity contribution < 1.29 is 14.3 Å². The van der Waals surface area contributed by atoms with Crippen LogP contribution in [0.5, 0.6) is 0 Å². The maximum atomic E-state index is 11.1. The third-order valence-electron chi connectivity index (χ3n) is 4.40. The number of aryl methyl sites for hydroxylation is 2. The molecule has 0 atom stereocenters. The van der Waals surface area contributed by atoms with E-state index in [2.05, 4.69) is 10.6 Å². The smallest absolute Gasteiger partial charge is 0.221 e. The first-order valence-corrected chi connectivity index (χ1v) is 9.75. The van der Waals surface area contributed by atoms with Gasteiger partial charge in [0.15, 0.2) is 0 Å². The van der Waals surface area contributed by atoms with Crippen LogP contribution in [0.2, 0.25) is 0 Å². The van der Waals surface area contributed by atoms with Crippen LogP contribution in [0.3, 0.4) is 0 Å². The molecule has 0 saturated carbocycles. The molecular formula is C22H30N4O3. The standard InChI is InChI=1S/C22H30N4O3/c1-15(27)25-19-9-7-17(21(23)13-19)5-3-11-29-12-4-6-18-8-10-20(14-22(18)24)26-16(2)28/h7-10,13-14H,3-6,11-12,23-24H2,1-2H3,(H,25,27)(H,26,28). The van der Waals surface area contributed by atoms with Gasteiger partial charge in [-0.05, 0) is 61.1 Å². The number of carbonyl (C=O) groups is 2. The number of amides is 2. The van der Waals surface area contributed by atoms with E-state index in [0.717, 1.165) is 36.8 Å². The quantitative estimate of drug-likeness (QED) is 0.361. The second-order valence-electron chi connectivity index (χ2n) is 7.01. The largest absolute Gasteiger partial charge is 0.398 e. The molecule has 156 valence electrons. The van der Waals surface area contributed by atoms with E-state index in [0.29, 0.717) is 36.0 Å². The Balaban J connectivity index is 1.65. The Morgan fingerprint density at radius 1 is 0.793 bits per heavy atom. The Bertz CT molecular complexity index is 782. The summed E-state index contributed by atoms with van der Waals surface area (Å²) in [6.45, 7) is 4.25. The summed E-state index contributed by atoms with van der Waals surface area (Å²) in [7, 11) is 0. The van der Waals surface area contributed by atoms with Crippen molar-refractivity contribution in [2.75, 3.05) is 35.3 Å². The van der Waals surface area contributed by atoms with Gasteiger partial charge in [-0.25, -0.2) is 0 Å². The molecule has 0 aromatic heterocycles. The van der Waals surface area contributed by atoms with Gasteiger partial charge in [0, 0.05) is 49.8 Å². The van der Waals surface area contributed by atoms with Gasteiger partial charge in [0.1, 0.15) is 0 Å². The van der Waals surface area contributed by atoms with Gasteiger partial charge in [0.2, 0.25) is 11.8 Å². The molecule has 0 saturated heterocycles. The van der Waals surface area contributed by atoms with E-state index in [1.165, 1.54) is 13.8 Å². The summed E-state index contributed by atoms with van der Waals surface area (Å²) in [6.07, 6.45) is 3.39. The summed E-state index contributed by atoms with van der Waals surface area (Å²) >= 11 is 0. The summed E-state index contributed by atoms with van der Waals surface area (Å²) in [4.78, 5) is 22.2. The van der Waals surface area contributed by atoms with E-state index >= 15 is 0 Å². The van der Waals surface area contributed by atoms with Crippen molar-refractivity contribution in [3.8, 4) is 0 Å². The molecule has 0 unspecified atom stereocenters. The first kappa shape index (κ1) is 22.2. The zero-order valence-corrected chi connectivity index (χ0v) is 17.1. The van der Waals surface area contributed by atoms with E-state index in [9.17, 15) is 9.59 Å². The first-order valence-electron chi connectivity index (χ1n) is 9.75. The molecule has 0 aliphatic carbocycles. The van der Waals surface area contributed by atoms with Gasteiger partial charge < -0.3 is 26.8 Å². The monoisotopic (exact) mass is 398 g/mol. The van der Waals surface area contributed by atoms with Crippen molar-refractivity contribution in [3.63, 3.8) is 0 Å². The fourth-order valence-electron chi connectivity index (χ4n) is 3.04. The third-order valence-corrected chi connectivity index (χ3v) is 4.40. The average molecular weight is 399 g/mol. The molecular weight excluding hydrogens is 368 g/mol. The highest BCUT2D eigenvalue weighted by Gasteiger charge is 2.04. The molecule has 0 heterocycles. The molecule has 0 bridgehead atoms. The summed E-state index contributed by atoms with van der Waals surface area (Å²) in [5.74, 6) is -0.230. The van der Waals surface area contributed by atoms with E-state index < -0.39 is 0 Å². The molecule has 0 fully saturated rings. The van der Waals surface area contributed by atoms with E-state index in [4.69, 9.17) is 16.2 Å². The Morgan fingerprint density at radius 3 is 1.55 bits per heavy atom. The van der Waals surface area contributed by atoms with E-state index in [1.807, 2.05) is 24.3 Å². The normalized spacial score (nSPS) is 10.6. The van der Waals surface area contributed by atoms with Crippen molar-refractivity contribution in [2.24, 2.45) is 0 Å². The molecule has 2 aromatic carbocycles. The molecule has 0 spiro atoms. The van der Waals surface area contributed by atoms with E-state index in [-0.39, 0.29) is 11.8 Å². The van der Waals surface area contributed by atoms with Crippen molar-refractivity contribution in [2.45, 2.75) is 39.5 Å². The lowest BCUT2D eigenvalue weighted by atomic mass is 10.1. The predicted octanol–water partition coefficient (Wildman–Crippen LogP) is 3.35. The number of nitrogen functional groups attached to an aromatic ring is 2. The Labute approximate surface area is 171 Å². The molecule has 2 aromatic rings. The topological polar surface area (TPSA) is 119 Å². The fraction of sp³-hybridized carbons (Fsp3) is 0.364. The van der Waals surface area contributed by atoms with Crippen LogP contribution in [0.1, 0.15) is 37.8 Å². The minimum absolute atomic E-state index is 0.115. The van der Waals surface area contributed by atoms with Crippen molar-refractivity contribution in [3.05, 3.63) is 47.5 Å². The Morgan fingerprint density at radius 2 is 1.21 bits per heavy atom. The first-order chi connectivity index (χ1) is 13.8. The van der Waals surface area contributed by atoms with Gasteiger partial charge in [-0.1, -0.05) is 12.1 Å². The van der Waals surface area contributed by atoms with E-state index in [1.54, 1.807) is 12.1 Å². The fourth-order valence-corrected chi connectivity index (χ4v) is 3.04. The van der Waals surface area contributed by atoms with Crippen LogP contribution < -0.4 is 22.1 Å². The zero-order valence-electron chi connectivity index (χ0n) is 17.1. The number of benzene rings is 2. The summed E-state index contributed by atoms with van der Waals surface area (Å²) < 4.78 is 5.71. The number of nitrogens with one attached hydrogen (secondary N) is 2. The van der Waals surface area contributed by atoms with Gasteiger partial charge >= 0.3 is 0 Å². The van der Waals surface area contributed by atoms with Crippen molar-refractivity contribution >= 4 is 34.6 Å². The highest BCUT2D eigenvalue weighted by molar-refractivity contribution is 5.89. The van der Waals surface area contributed by atoms with Crippen LogP contribution in [0.4, 0.5) is 22.7 Å². The van der Waals surface area contributed by atoms with Gasteiger partial charge in [-0.2, -0.15) is 0 Å². The molecule has 7 heteroatoms. The van der Waals surface area contributed by atoms with Crippen LogP contribution in [-0.2, 0) is 27.2 Å². The maximum absolute atomic E-state index is 11.1. The van der Waals surface area contributed by atoms with Crippen LogP contribution in [0.25, 0.3) is 0 Å². The van der Waals surface area contributed by atoms with Crippen LogP contribution >= 0.6 is 0 Å². The van der Waals surface area contributed by atoms with Gasteiger partial charge in [-0.3, -0.25) is 9.59 Å². The molecule has 2 amide bonds. The molecule has 0 radical (unpaired) electrons. The van der Waals surface area contributed by atoms with Crippen LogP contribution in [0.15, 0.2) is 36.4 Å². The molecule has 29 heavy (non-hydrogen) atoms. The maximum Gasteiger partial charge on any atom is 0.221 e. The molecule has 0 aliphatic heterocycles. The van der Waals surface area contributed by atoms with Crippen LogP contribution in [0, 0.1) is 0 Å². The Hall–Kier alpha value is -3.06. The number of hydrogen-bond acceptors (Lipinski definition) is 5. The second kappa shape index (κ2) is 11.1. The lowest BCUT2D eigenvalue weighted by Crippen LogP contribution is -2.07. The van der Waals surface area contributed by atoms with Gasteiger partial charge in [0.25, 0.3) is 0 Å². The highest BCUT2D eigenvalue weighted by Crippen LogP contribution is 2.20. The minimum Gasteiger partial charge on any atom is -0.398 e. The van der Waals surface area contributed by atoms with Gasteiger partial charge in [-0.15, -0.1) is 0 Å². The van der Waals surface area contributed by atoms with Crippen LogP contribution in [-0.4, -0.2) is 25.0 Å².